The van der Waals surface area contributed by atoms with Gasteiger partial charge >= 0.3 is 0 Å². The maximum atomic E-state index is 13.2. The molecule has 0 aliphatic rings. The topological polar surface area (TPSA) is 113 Å². The summed E-state index contributed by atoms with van der Waals surface area (Å²) in [6.07, 6.45) is 1.53. The molecule has 0 radical (unpaired) electrons. The summed E-state index contributed by atoms with van der Waals surface area (Å²) in [4.78, 5) is 0.170. The molecule has 0 saturated carbocycles. The molecule has 0 atom stereocenters. The van der Waals surface area contributed by atoms with E-state index in [9.17, 15) is 8.42 Å². The van der Waals surface area contributed by atoms with Gasteiger partial charge < -0.3 is 5.73 Å². The van der Waals surface area contributed by atoms with Crippen LogP contribution >= 0.6 is 15.9 Å². The van der Waals surface area contributed by atoms with Gasteiger partial charge in [-0.1, -0.05) is 30.3 Å². The van der Waals surface area contributed by atoms with E-state index in [-0.39, 0.29) is 10.9 Å². The van der Waals surface area contributed by atoms with Crippen LogP contribution in [0, 0.1) is 5.41 Å². The average Bonchev–Trinajstić information content (AvgIpc) is 3.00. The Morgan fingerprint density at radius 3 is 2.54 bits per heavy atom. The molecule has 0 aliphatic heterocycles. The number of guanidine groups is 1. The Balaban J connectivity index is 2.24. The van der Waals surface area contributed by atoms with Gasteiger partial charge in [-0.2, -0.15) is 5.10 Å². The van der Waals surface area contributed by atoms with Gasteiger partial charge in [0.1, 0.15) is 4.90 Å². The molecule has 7 nitrogen and oxygen atoms in total. The Bertz CT molecular complexity index is 1140. The first kappa shape index (κ1) is 18.2. The van der Waals surface area contributed by atoms with E-state index in [1.807, 2.05) is 12.1 Å². The Morgan fingerprint density at radius 1 is 1.19 bits per heavy atom. The molecular weight excluding hydrogens is 418 g/mol. The summed E-state index contributed by atoms with van der Waals surface area (Å²) in [6, 6.07) is 13.8. The summed E-state index contributed by atoms with van der Waals surface area (Å²) in [5.41, 5.74) is 9.32. The Morgan fingerprint density at radius 2 is 1.85 bits per heavy atom. The van der Waals surface area contributed by atoms with Crippen LogP contribution in [0.15, 0.2) is 69.2 Å². The molecule has 0 amide bonds. The van der Waals surface area contributed by atoms with Gasteiger partial charge in [-0.05, 0) is 41.1 Å². The number of nitrogens with zero attached hydrogens (tertiary/aromatic N) is 2. The van der Waals surface area contributed by atoms with Crippen molar-refractivity contribution in [1.29, 1.82) is 5.41 Å². The molecule has 2 aromatic carbocycles. The Labute approximate surface area is 159 Å². The molecule has 0 fully saturated rings. The molecule has 3 rings (SSSR count). The van der Waals surface area contributed by atoms with Crippen LogP contribution in [0.5, 0.6) is 0 Å². The molecule has 1 heterocycles. The van der Waals surface area contributed by atoms with E-state index in [1.54, 1.807) is 43.3 Å². The van der Waals surface area contributed by atoms with Crippen molar-refractivity contribution in [3.05, 3.63) is 64.8 Å². The van der Waals surface area contributed by atoms with Crippen LogP contribution in [0.25, 0.3) is 10.9 Å². The zero-order chi connectivity index (χ0) is 18.9. The molecule has 0 saturated heterocycles. The zero-order valence-corrected chi connectivity index (χ0v) is 16.2. The lowest BCUT2D eigenvalue weighted by molar-refractivity contribution is 0.588. The van der Waals surface area contributed by atoms with Crippen LogP contribution in [0.1, 0.15) is 12.5 Å². The molecule has 26 heavy (non-hydrogen) atoms. The van der Waals surface area contributed by atoms with E-state index in [0.29, 0.717) is 21.3 Å². The van der Waals surface area contributed by atoms with Gasteiger partial charge in [-0.15, -0.1) is 0 Å². The van der Waals surface area contributed by atoms with Crippen molar-refractivity contribution in [2.24, 2.45) is 10.8 Å². The first-order valence-electron chi connectivity index (χ1n) is 7.57. The molecule has 0 aliphatic carbocycles. The first-order chi connectivity index (χ1) is 12.3. The summed E-state index contributed by atoms with van der Waals surface area (Å²) in [5, 5.41) is 12.0. The highest BCUT2D eigenvalue weighted by molar-refractivity contribution is 9.10. The fourth-order valence-corrected chi connectivity index (χ4v) is 4.94. The summed E-state index contributed by atoms with van der Waals surface area (Å²) in [5.74, 6) is -0.297. The van der Waals surface area contributed by atoms with Gasteiger partial charge in [0.15, 0.2) is 0 Å². The third-order valence-corrected chi connectivity index (χ3v) is 6.47. The summed E-state index contributed by atoms with van der Waals surface area (Å²) >= 11 is 3.31. The van der Waals surface area contributed by atoms with E-state index < -0.39 is 10.0 Å². The van der Waals surface area contributed by atoms with Crippen molar-refractivity contribution >= 4 is 48.5 Å². The third-order valence-electron chi connectivity index (χ3n) is 3.79. The summed E-state index contributed by atoms with van der Waals surface area (Å²) < 4.78 is 28.1. The van der Waals surface area contributed by atoms with Gasteiger partial charge in [0.2, 0.25) is 5.96 Å². The van der Waals surface area contributed by atoms with Crippen molar-refractivity contribution in [3.8, 4) is 0 Å². The zero-order valence-electron chi connectivity index (χ0n) is 13.8. The molecule has 4 N–H and O–H groups in total. The van der Waals surface area contributed by atoms with Crippen molar-refractivity contribution in [1.82, 2.24) is 9.40 Å². The number of nitrogens with two attached hydrogens (primary N) is 1. The number of halogens is 1. The number of fused-ring (bicyclic) bond motifs is 1. The Kier molecular flexibility index (Phi) is 4.84. The van der Waals surface area contributed by atoms with Gasteiger partial charge in [-0.25, -0.2) is 17.8 Å². The number of benzene rings is 2. The predicted octanol–water partition coefficient (Wildman–Crippen LogP) is 2.85. The Hall–Kier alpha value is -2.65. The summed E-state index contributed by atoms with van der Waals surface area (Å²) in [6.45, 7) is 1.72. The predicted molar refractivity (Wildman–Crippen MR) is 106 cm³/mol. The molecule has 3 aromatic rings. The minimum Gasteiger partial charge on any atom is -0.369 e. The number of para-hydroxylation sites is 1. The van der Waals surface area contributed by atoms with E-state index in [0.717, 1.165) is 5.39 Å². The van der Waals surface area contributed by atoms with Crippen LogP contribution in [-0.2, 0) is 10.0 Å². The van der Waals surface area contributed by atoms with Gasteiger partial charge in [0.05, 0.1) is 11.2 Å². The highest BCUT2D eigenvalue weighted by Crippen LogP contribution is 2.29. The maximum absolute atomic E-state index is 13.2. The van der Waals surface area contributed by atoms with Crippen LogP contribution in [0.4, 0.5) is 0 Å². The molecule has 134 valence electrons. The summed E-state index contributed by atoms with van der Waals surface area (Å²) in [7, 11) is -3.81. The smallest absolute Gasteiger partial charge is 0.269 e. The van der Waals surface area contributed by atoms with Crippen LogP contribution in [0.3, 0.4) is 0 Å². The van der Waals surface area contributed by atoms with Gasteiger partial charge in [0.25, 0.3) is 10.0 Å². The maximum Gasteiger partial charge on any atom is 0.269 e. The molecule has 9 heteroatoms. The highest BCUT2D eigenvalue weighted by Gasteiger charge is 2.23. The highest BCUT2D eigenvalue weighted by atomic mass is 79.9. The molecular formula is C17H16BrN5O2S. The second kappa shape index (κ2) is 6.93. The fraction of sp³-hybridized carbons (Fsp3) is 0.0588. The minimum atomic E-state index is -3.81. The average molecular weight is 434 g/mol. The molecule has 0 bridgehead atoms. The first-order valence-corrected chi connectivity index (χ1v) is 9.80. The van der Waals surface area contributed by atoms with Gasteiger partial charge in [0, 0.05) is 21.6 Å². The van der Waals surface area contributed by atoms with Crippen molar-refractivity contribution < 1.29 is 8.42 Å². The number of nitrogens with one attached hydrogen (secondary N) is 2. The standard InChI is InChI=1S/C17H16BrN5O2S/c1-11(21-22-17(19)20)13-10-23(15-8-4-2-6-12(13)15)26(24,25)16-9-5-3-7-14(16)18/h2-10H,1H3,(H4,19,20,22)/b21-11-. The normalized spacial score (nSPS) is 12.3. The molecule has 0 unspecified atom stereocenters. The van der Waals surface area contributed by atoms with Gasteiger partial charge in [-0.3, -0.25) is 5.41 Å². The lowest BCUT2D eigenvalue weighted by Gasteiger charge is -2.09. The van der Waals surface area contributed by atoms with E-state index in [2.05, 4.69) is 26.5 Å². The van der Waals surface area contributed by atoms with E-state index in [1.165, 1.54) is 10.2 Å². The quantitative estimate of drug-likeness (QED) is 0.333. The number of aromatic nitrogens is 1. The van der Waals surface area contributed by atoms with Crippen LogP contribution < -0.4 is 11.2 Å². The minimum absolute atomic E-state index is 0.170. The lowest BCUT2D eigenvalue weighted by Crippen LogP contribution is -2.26. The van der Waals surface area contributed by atoms with Crippen molar-refractivity contribution in [2.45, 2.75) is 11.8 Å². The van der Waals surface area contributed by atoms with E-state index in [4.69, 9.17) is 11.1 Å². The van der Waals surface area contributed by atoms with Crippen molar-refractivity contribution in [2.75, 3.05) is 0 Å². The number of hydrogen-bond donors (Lipinski definition) is 3. The largest absolute Gasteiger partial charge is 0.369 e. The second-order valence-corrected chi connectivity index (χ2v) is 8.15. The molecule has 1 aromatic heterocycles. The fourth-order valence-electron chi connectivity index (χ4n) is 2.60. The lowest BCUT2D eigenvalue weighted by atomic mass is 10.1. The number of rotatable bonds is 4. The van der Waals surface area contributed by atoms with E-state index >= 15 is 0 Å². The second-order valence-electron chi connectivity index (χ2n) is 5.51. The molecule has 0 spiro atoms. The number of hydrazone groups is 1. The SMILES string of the molecule is C/C(=N/NC(=N)N)c1cn(S(=O)(=O)c2ccccc2Br)c2ccccc12. The monoisotopic (exact) mass is 433 g/mol. The van der Waals surface area contributed by atoms with Crippen molar-refractivity contribution in [3.63, 3.8) is 0 Å². The number of hydrogen-bond acceptors (Lipinski definition) is 4. The third kappa shape index (κ3) is 3.23. The van der Waals surface area contributed by atoms with Crippen LogP contribution in [-0.4, -0.2) is 24.1 Å². The van der Waals surface area contributed by atoms with Crippen LogP contribution in [0.2, 0.25) is 0 Å².